The van der Waals surface area contributed by atoms with Crippen LogP contribution in [0.25, 0.3) is 0 Å². The highest BCUT2D eigenvalue weighted by atomic mass is 16.1. The first-order chi connectivity index (χ1) is 9.56. The molecule has 0 radical (unpaired) electrons. The second kappa shape index (κ2) is 6.68. The van der Waals surface area contributed by atoms with Gasteiger partial charge in [-0.2, -0.15) is 0 Å². The molecule has 108 valence electrons. The summed E-state index contributed by atoms with van der Waals surface area (Å²) in [6, 6.07) is 8.23. The van der Waals surface area contributed by atoms with Crippen LogP contribution in [0.2, 0.25) is 0 Å². The molecule has 1 aliphatic carbocycles. The van der Waals surface area contributed by atoms with E-state index in [-0.39, 0.29) is 17.9 Å². The largest absolute Gasteiger partial charge is 0.352 e. The molecule has 1 aromatic carbocycles. The summed E-state index contributed by atoms with van der Waals surface area (Å²) in [7, 11) is 4.08. The van der Waals surface area contributed by atoms with Crippen LogP contribution in [0.1, 0.15) is 17.5 Å². The van der Waals surface area contributed by atoms with Gasteiger partial charge in [-0.25, -0.2) is 0 Å². The Morgan fingerprint density at radius 3 is 2.60 bits per heavy atom. The number of nitrogens with zero attached hydrogens (tertiary/aromatic N) is 1. The highest BCUT2D eigenvalue weighted by Gasteiger charge is 2.22. The fraction of sp³-hybridized carbons (Fsp3) is 0.438. The van der Waals surface area contributed by atoms with Crippen molar-refractivity contribution in [2.75, 3.05) is 14.1 Å². The van der Waals surface area contributed by atoms with Gasteiger partial charge >= 0.3 is 0 Å². The van der Waals surface area contributed by atoms with Gasteiger partial charge in [-0.1, -0.05) is 36.4 Å². The van der Waals surface area contributed by atoms with Gasteiger partial charge < -0.3 is 16.0 Å². The molecule has 0 fully saturated rings. The molecule has 0 heterocycles. The molecule has 0 bridgehead atoms. The number of nitrogens with one attached hydrogen (secondary N) is 1. The molecule has 1 aromatic rings. The van der Waals surface area contributed by atoms with Crippen molar-refractivity contribution in [3.63, 3.8) is 0 Å². The smallest absolute Gasteiger partial charge is 0.227 e. The zero-order chi connectivity index (χ0) is 14.5. The molecule has 4 nitrogen and oxygen atoms in total. The zero-order valence-corrected chi connectivity index (χ0v) is 12.2. The minimum Gasteiger partial charge on any atom is -0.352 e. The van der Waals surface area contributed by atoms with E-state index >= 15 is 0 Å². The van der Waals surface area contributed by atoms with Crippen LogP contribution in [0.3, 0.4) is 0 Å². The van der Waals surface area contributed by atoms with E-state index < -0.39 is 0 Å². The Labute approximate surface area is 120 Å². The first-order valence-corrected chi connectivity index (χ1v) is 6.99. The minimum atomic E-state index is -0.0778. The Bertz CT molecular complexity index is 496. The summed E-state index contributed by atoms with van der Waals surface area (Å²) in [6.07, 6.45) is 4.53. The van der Waals surface area contributed by atoms with Gasteiger partial charge in [-0.05, 0) is 31.6 Å². The monoisotopic (exact) mass is 273 g/mol. The zero-order valence-electron chi connectivity index (χ0n) is 12.2. The number of hydrogen-bond donors (Lipinski definition) is 2. The number of nitrogens with two attached hydrogens (primary N) is 1. The van der Waals surface area contributed by atoms with Crippen molar-refractivity contribution in [1.29, 1.82) is 0 Å². The number of rotatable bonds is 5. The third kappa shape index (κ3) is 3.92. The molecule has 1 amide bonds. The van der Waals surface area contributed by atoms with Gasteiger partial charge in [0.15, 0.2) is 0 Å². The number of carbonyl (C=O) groups is 1. The highest BCUT2D eigenvalue weighted by molar-refractivity contribution is 5.81. The fourth-order valence-electron chi connectivity index (χ4n) is 2.46. The number of hydrogen-bond acceptors (Lipinski definition) is 3. The van der Waals surface area contributed by atoms with E-state index in [2.05, 4.69) is 22.3 Å². The Hall–Kier alpha value is -1.65. The third-order valence-corrected chi connectivity index (χ3v) is 3.51. The number of benzene rings is 1. The molecular weight excluding hydrogens is 250 g/mol. The van der Waals surface area contributed by atoms with Crippen molar-refractivity contribution in [1.82, 2.24) is 10.2 Å². The molecule has 3 N–H and O–H groups in total. The number of amides is 1. The van der Waals surface area contributed by atoms with Crippen LogP contribution in [-0.4, -0.2) is 30.9 Å². The Balaban J connectivity index is 1.93. The SMILES string of the molecule is CN(C)Cc1ccccc1CNC(=O)C1C=CC(N)C1. The molecule has 0 saturated carbocycles. The lowest BCUT2D eigenvalue weighted by molar-refractivity contribution is -0.123. The van der Waals surface area contributed by atoms with Gasteiger partial charge in [-0.3, -0.25) is 4.79 Å². The molecule has 0 saturated heterocycles. The maximum Gasteiger partial charge on any atom is 0.227 e. The van der Waals surface area contributed by atoms with E-state index in [0.717, 1.165) is 6.54 Å². The second-order valence-electron chi connectivity index (χ2n) is 5.62. The Kier molecular flexibility index (Phi) is 4.93. The molecule has 2 atom stereocenters. The van der Waals surface area contributed by atoms with E-state index in [9.17, 15) is 4.79 Å². The first kappa shape index (κ1) is 14.8. The summed E-state index contributed by atoms with van der Waals surface area (Å²) >= 11 is 0. The van der Waals surface area contributed by atoms with Crippen LogP contribution in [-0.2, 0) is 17.9 Å². The average molecular weight is 273 g/mol. The van der Waals surface area contributed by atoms with Gasteiger partial charge in [0.25, 0.3) is 0 Å². The predicted octanol–water partition coefficient (Wildman–Crippen LogP) is 1.27. The van der Waals surface area contributed by atoms with Crippen molar-refractivity contribution in [3.8, 4) is 0 Å². The molecule has 2 unspecified atom stereocenters. The lowest BCUT2D eigenvalue weighted by atomic mass is 10.1. The molecule has 0 aliphatic heterocycles. The minimum absolute atomic E-state index is 0.0202. The third-order valence-electron chi connectivity index (χ3n) is 3.51. The summed E-state index contributed by atoms with van der Waals surface area (Å²) < 4.78 is 0. The quantitative estimate of drug-likeness (QED) is 0.794. The molecule has 20 heavy (non-hydrogen) atoms. The molecule has 2 rings (SSSR count). The van der Waals surface area contributed by atoms with E-state index in [1.165, 1.54) is 11.1 Å². The predicted molar refractivity (Wildman–Crippen MR) is 80.9 cm³/mol. The molecule has 0 spiro atoms. The molecule has 1 aliphatic rings. The van der Waals surface area contributed by atoms with Gasteiger partial charge in [-0.15, -0.1) is 0 Å². The van der Waals surface area contributed by atoms with E-state index in [0.29, 0.717) is 13.0 Å². The van der Waals surface area contributed by atoms with Crippen LogP contribution < -0.4 is 11.1 Å². The van der Waals surface area contributed by atoms with Crippen LogP contribution in [0, 0.1) is 5.92 Å². The summed E-state index contributed by atoms with van der Waals surface area (Å²) in [5, 5.41) is 3.01. The lowest BCUT2D eigenvalue weighted by Crippen LogP contribution is -2.30. The van der Waals surface area contributed by atoms with Crippen molar-refractivity contribution in [2.24, 2.45) is 11.7 Å². The summed E-state index contributed by atoms with van der Waals surface area (Å²) in [4.78, 5) is 14.2. The first-order valence-electron chi connectivity index (χ1n) is 6.99. The standard InChI is InChI=1S/C16H23N3O/c1-19(2)11-14-6-4-3-5-13(14)10-18-16(20)12-7-8-15(17)9-12/h3-8,12,15H,9-11,17H2,1-2H3,(H,18,20). The summed E-state index contributed by atoms with van der Waals surface area (Å²) in [5.41, 5.74) is 8.19. The van der Waals surface area contributed by atoms with Crippen LogP contribution >= 0.6 is 0 Å². The molecule has 4 heteroatoms. The second-order valence-corrected chi connectivity index (χ2v) is 5.62. The summed E-state index contributed by atoms with van der Waals surface area (Å²) in [6.45, 7) is 1.45. The summed E-state index contributed by atoms with van der Waals surface area (Å²) in [5.74, 6) is -0.0140. The molecule has 0 aromatic heterocycles. The lowest BCUT2D eigenvalue weighted by Gasteiger charge is -2.16. The maximum absolute atomic E-state index is 12.1. The normalized spacial score (nSPS) is 21.4. The average Bonchev–Trinajstić information content (AvgIpc) is 2.83. The number of carbonyl (C=O) groups excluding carboxylic acids is 1. The highest BCUT2D eigenvalue weighted by Crippen LogP contribution is 2.17. The maximum atomic E-state index is 12.1. The van der Waals surface area contributed by atoms with Gasteiger partial charge in [0.1, 0.15) is 0 Å². The van der Waals surface area contributed by atoms with Crippen molar-refractivity contribution < 1.29 is 4.79 Å². The van der Waals surface area contributed by atoms with Crippen molar-refractivity contribution in [3.05, 3.63) is 47.5 Å². The van der Waals surface area contributed by atoms with Gasteiger partial charge in [0, 0.05) is 19.1 Å². The van der Waals surface area contributed by atoms with Crippen molar-refractivity contribution in [2.45, 2.75) is 25.6 Å². The van der Waals surface area contributed by atoms with Crippen LogP contribution in [0.4, 0.5) is 0 Å². The van der Waals surface area contributed by atoms with Crippen LogP contribution in [0.15, 0.2) is 36.4 Å². The molecular formula is C16H23N3O. The van der Waals surface area contributed by atoms with Crippen LogP contribution in [0.5, 0.6) is 0 Å². The fourth-order valence-corrected chi connectivity index (χ4v) is 2.46. The van der Waals surface area contributed by atoms with Gasteiger partial charge in [0.05, 0.1) is 5.92 Å². The van der Waals surface area contributed by atoms with Crippen molar-refractivity contribution >= 4 is 5.91 Å². The van der Waals surface area contributed by atoms with E-state index in [1.807, 2.05) is 38.4 Å². The Morgan fingerprint density at radius 1 is 1.30 bits per heavy atom. The van der Waals surface area contributed by atoms with E-state index in [4.69, 9.17) is 5.73 Å². The van der Waals surface area contributed by atoms with E-state index in [1.54, 1.807) is 0 Å². The Morgan fingerprint density at radius 2 is 2.00 bits per heavy atom. The van der Waals surface area contributed by atoms with Gasteiger partial charge in [0.2, 0.25) is 5.91 Å². The topological polar surface area (TPSA) is 58.4 Å².